The van der Waals surface area contributed by atoms with Crippen LogP contribution < -0.4 is 14.2 Å². The van der Waals surface area contributed by atoms with Gasteiger partial charge in [-0.25, -0.2) is 17.5 Å². The molecule has 8 heteroatoms. The fraction of sp³-hybridized carbons (Fsp3) is 0.400. The van der Waals surface area contributed by atoms with Crippen molar-refractivity contribution in [3.05, 3.63) is 53.8 Å². The molecule has 1 fully saturated rings. The van der Waals surface area contributed by atoms with E-state index in [1.54, 1.807) is 7.11 Å². The molecule has 0 aliphatic carbocycles. The number of nitrogens with one attached hydrogen (secondary N) is 1. The third kappa shape index (κ3) is 4.14. The Hall–Kier alpha value is -2.16. The van der Waals surface area contributed by atoms with E-state index in [9.17, 15) is 12.8 Å². The minimum Gasteiger partial charge on any atom is -0.496 e. The molecule has 0 spiro atoms. The van der Waals surface area contributed by atoms with E-state index in [1.165, 1.54) is 19.2 Å². The fourth-order valence-electron chi connectivity index (χ4n) is 3.52. The van der Waals surface area contributed by atoms with Crippen LogP contribution in [0.5, 0.6) is 11.5 Å². The maximum atomic E-state index is 14.0. The first-order valence-electron chi connectivity index (χ1n) is 8.96. The molecule has 152 valence electrons. The molecule has 1 aliphatic rings. The molecule has 3 rings (SSSR count). The number of methoxy groups -OCH3 is 2. The first kappa shape index (κ1) is 20.6. The van der Waals surface area contributed by atoms with Crippen molar-refractivity contribution in [2.24, 2.45) is 0 Å². The number of benzene rings is 2. The van der Waals surface area contributed by atoms with E-state index in [4.69, 9.17) is 14.2 Å². The third-order valence-electron chi connectivity index (χ3n) is 5.16. The molecule has 1 heterocycles. The minimum absolute atomic E-state index is 0.00567. The van der Waals surface area contributed by atoms with Gasteiger partial charge in [0.05, 0.1) is 19.1 Å². The zero-order valence-corrected chi connectivity index (χ0v) is 16.7. The zero-order chi connectivity index (χ0) is 20.2. The van der Waals surface area contributed by atoms with E-state index in [2.05, 4.69) is 4.72 Å². The molecule has 1 aliphatic heterocycles. The summed E-state index contributed by atoms with van der Waals surface area (Å²) in [7, 11) is -0.980. The molecule has 0 amide bonds. The first-order valence-corrected chi connectivity index (χ1v) is 10.4. The molecule has 2 aromatic carbocycles. The number of hydrogen-bond donors (Lipinski definition) is 1. The van der Waals surface area contributed by atoms with Crippen molar-refractivity contribution in [2.75, 3.05) is 34.0 Å². The molecule has 0 radical (unpaired) electrons. The molecular formula is C20H24FNO5S. The molecule has 0 unspecified atom stereocenters. The molecule has 6 nitrogen and oxygen atoms in total. The SMILES string of the molecule is COc1ccc(S(=O)(=O)NCC2(c3ccccc3OC)CCOCC2)cc1F. The van der Waals surface area contributed by atoms with Gasteiger partial charge in [0, 0.05) is 30.7 Å². The number of para-hydroxylation sites is 1. The lowest BCUT2D eigenvalue weighted by atomic mass is 9.74. The van der Waals surface area contributed by atoms with Gasteiger partial charge in [-0.3, -0.25) is 0 Å². The standard InChI is InChI=1S/C20H24FNO5S/c1-25-18-6-4-3-5-16(18)20(9-11-27-12-10-20)14-22-28(23,24)15-7-8-19(26-2)17(21)13-15/h3-8,13,22H,9-12,14H2,1-2H3. The third-order valence-corrected chi connectivity index (χ3v) is 6.56. The highest BCUT2D eigenvalue weighted by atomic mass is 32.2. The van der Waals surface area contributed by atoms with E-state index in [0.29, 0.717) is 31.8 Å². The van der Waals surface area contributed by atoms with Gasteiger partial charge in [-0.2, -0.15) is 0 Å². The average molecular weight is 409 g/mol. The van der Waals surface area contributed by atoms with Gasteiger partial charge >= 0.3 is 0 Å². The number of halogens is 1. The lowest BCUT2D eigenvalue weighted by molar-refractivity contribution is 0.0509. The smallest absolute Gasteiger partial charge is 0.240 e. The second-order valence-electron chi connectivity index (χ2n) is 6.71. The van der Waals surface area contributed by atoms with Gasteiger partial charge in [-0.1, -0.05) is 18.2 Å². The zero-order valence-electron chi connectivity index (χ0n) is 15.9. The van der Waals surface area contributed by atoms with Crippen molar-refractivity contribution < 1.29 is 27.0 Å². The van der Waals surface area contributed by atoms with Gasteiger partial charge < -0.3 is 14.2 Å². The topological polar surface area (TPSA) is 73.9 Å². The summed E-state index contributed by atoms with van der Waals surface area (Å²) in [6.07, 6.45) is 1.29. The van der Waals surface area contributed by atoms with Crippen LogP contribution >= 0.6 is 0 Å². The molecule has 1 N–H and O–H groups in total. The number of hydrogen-bond acceptors (Lipinski definition) is 5. The summed E-state index contributed by atoms with van der Waals surface area (Å²) >= 11 is 0. The molecule has 1 saturated heterocycles. The fourth-order valence-corrected chi connectivity index (χ4v) is 4.66. The first-order chi connectivity index (χ1) is 13.4. The van der Waals surface area contributed by atoms with Crippen molar-refractivity contribution in [1.82, 2.24) is 4.72 Å². The predicted molar refractivity (Wildman–Crippen MR) is 103 cm³/mol. The average Bonchev–Trinajstić information content (AvgIpc) is 2.73. The van der Waals surface area contributed by atoms with Gasteiger partial charge in [0.15, 0.2) is 11.6 Å². The highest BCUT2D eigenvalue weighted by molar-refractivity contribution is 7.89. The highest BCUT2D eigenvalue weighted by Gasteiger charge is 2.38. The van der Waals surface area contributed by atoms with Crippen LogP contribution in [0.2, 0.25) is 0 Å². The molecule has 0 bridgehead atoms. The Morgan fingerprint density at radius 3 is 2.39 bits per heavy atom. The molecule has 2 aromatic rings. The summed E-state index contributed by atoms with van der Waals surface area (Å²) in [5.74, 6) is -0.0242. The van der Waals surface area contributed by atoms with Crippen LogP contribution in [-0.4, -0.2) is 42.4 Å². The maximum absolute atomic E-state index is 14.0. The van der Waals surface area contributed by atoms with Gasteiger partial charge in [0.25, 0.3) is 0 Å². The minimum atomic E-state index is -3.90. The van der Waals surface area contributed by atoms with Gasteiger partial charge in [0.2, 0.25) is 10.0 Å². The Morgan fingerprint density at radius 1 is 1.07 bits per heavy atom. The summed E-state index contributed by atoms with van der Waals surface area (Å²) in [4.78, 5) is -0.145. The van der Waals surface area contributed by atoms with E-state index >= 15 is 0 Å². The van der Waals surface area contributed by atoms with E-state index in [1.807, 2.05) is 24.3 Å². The van der Waals surface area contributed by atoms with Gasteiger partial charge in [-0.05, 0) is 37.1 Å². The summed E-state index contributed by atoms with van der Waals surface area (Å²) in [5, 5.41) is 0. The largest absolute Gasteiger partial charge is 0.496 e. The maximum Gasteiger partial charge on any atom is 0.240 e. The summed E-state index contributed by atoms with van der Waals surface area (Å²) in [6.45, 7) is 1.21. The van der Waals surface area contributed by atoms with Crippen LogP contribution in [-0.2, 0) is 20.2 Å². The number of ether oxygens (including phenoxy) is 3. The molecular weight excluding hydrogens is 385 g/mol. The van der Waals surface area contributed by atoms with Crippen molar-refractivity contribution in [3.63, 3.8) is 0 Å². The van der Waals surface area contributed by atoms with Crippen LogP contribution in [0.25, 0.3) is 0 Å². The van der Waals surface area contributed by atoms with Gasteiger partial charge in [-0.15, -0.1) is 0 Å². The summed E-state index contributed by atoms with van der Waals surface area (Å²) in [6, 6.07) is 11.2. The lowest BCUT2D eigenvalue weighted by Gasteiger charge is -2.38. The van der Waals surface area contributed by atoms with Crippen LogP contribution in [0.4, 0.5) is 4.39 Å². The Balaban J connectivity index is 1.89. The Labute approximate surface area is 164 Å². The Kier molecular flexibility index (Phi) is 6.22. The van der Waals surface area contributed by atoms with Crippen molar-refractivity contribution in [1.29, 1.82) is 0 Å². The van der Waals surface area contributed by atoms with Crippen LogP contribution in [0.1, 0.15) is 18.4 Å². The van der Waals surface area contributed by atoms with Crippen LogP contribution in [0, 0.1) is 5.82 Å². The van der Waals surface area contributed by atoms with Crippen LogP contribution in [0.3, 0.4) is 0 Å². The molecule has 0 aromatic heterocycles. The van der Waals surface area contributed by atoms with Crippen molar-refractivity contribution >= 4 is 10.0 Å². The van der Waals surface area contributed by atoms with E-state index < -0.39 is 21.3 Å². The van der Waals surface area contributed by atoms with Gasteiger partial charge in [0.1, 0.15) is 5.75 Å². The predicted octanol–water partition coefficient (Wildman–Crippen LogP) is 2.87. The highest BCUT2D eigenvalue weighted by Crippen LogP contribution is 2.39. The number of rotatable bonds is 7. The van der Waals surface area contributed by atoms with Crippen LogP contribution in [0.15, 0.2) is 47.4 Å². The summed E-state index contributed by atoms with van der Waals surface area (Å²) < 4.78 is 58.0. The van der Waals surface area contributed by atoms with E-state index in [0.717, 1.165) is 11.6 Å². The lowest BCUT2D eigenvalue weighted by Crippen LogP contribution is -2.44. The molecule has 0 saturated carbocycles. The van der Waals surface area contributed by atoms with Crippen molar-refractivity contribution in [2.45, 2.75) is 23.2 Å². The van der Waals surface area contributed by atoms with E-state index in [-0.39, 0.29) is 17.2 Å². The second-order valence-corrected chi connectivity index (χ2v) is 8.48. The Bertz CT molecular complexity index is 926. The normalized spacial score (nSPS) is 16.5. The monoisotopic (exact) mass is 409 g/mol. The Morgan fingerprint density at radius 2 is 1.75 bits per heavy atom. The van der Waals surface area contributed by atoms with Crippen molar-refractivity contribution in [3.8, 4) is 11.5 Å². The second kappa shape index (κ2) is 8.46. The summed E-state index contributed by atoms with van der Waals surface area (Å²) in [5.41, 5.74) is 0.465. The number of sulfonamides is 1. The molecule has 0 atom stereocenters. The quantitative estimate of drug-likeness (QED) is 0.761. The molecule has 28 heavy (non-hydrogen) atoms.